The van der Waals surface area contributed by atoms with Gasteiger partial charge in [-0.2, -0.15) is 4.31 Å². The molecule has 0 aromatic heterocycles. The van der Waals surface area contributed by atoms with Gasteiger partial charge in [-0.05, 0) is 37.2 Å². The van der Waals surface area contributed by atoms with Crippen molar-refractivity contribution in [3.8, 4) is 0 Å². The Morgan fingerprint density at radius 3 is 2.50 bits per heavy atom. The van der Waals surface area contributed by atoms with E-state index in [1.165, 1.54) is 19.2 Å². The number of nitrogens with two attached hydrogens (primary N) is 1. The zero-order valence-corrected chi connectivity index (χ0v) is 13.6. The number of carbonyl (C=O) groups excluding carboxylic acids is 1. The van der Waals surface area contributed by atoms with Gasteiger partial charge in [0.15, 0.2) is 0 Å². The lowest BCUT2D eigenvalue weighted by molar-refractivity contribution is -0.121. The van der Waals surface area contributed by atoms with Gasteiger partial charge < -0.3 is 11.1 Å². The number of likely N-dealkylation sites (N-methyl/N-ethyl adjacent to an activating group) is 1. The predicted molar refractivity (Wildman–Crippen MR) is 80.6 cm³/mol. The molecule has 1 amide bonds. The third kappa shape index (κ3) is 4.86. The van der Waals surface area contributed by atoms with Gasteiger partial charge >= 0.3 is 0 Å². The monoisotopic (exact) mass is 363 g/mol. The van der Waals surface area contributed by atoms with Gasteiger partial charge in [0.05, 0.1) is 11.4 Å². The van der Waals surface area contributed by atoms with E-state index in [2.05, 4.69) is 21.2 Å². The van der Waals surface area contributed by atoms with Gasteiger partial charge in [-0.1, -0.05) is 15.9 Å². The summed E-state index contributed by atoms with van der Waals surface area (Å²) in [6.45, 7) is 0.706. The number of carbonyl (C=O) groups is 1. The molecule has 0 aliphatic rings. The van der Waals surface area contributed by atoms with Crippen molar-refractivity contribution < 1.29 is 13.2 Å². The molecule has 20 heavy (non-hydrogen) atoms. The topological polar surface area (TPSA) is 92.5 Å². The van der Waals surface area contributed by atoms with E-state index in [4.69, 9.17) is 5.73 Å². The molecule has 6 nitrogen and oxygen atoms in total. The van der Waals surface area contributed by atoms with E-state index in [0.717, 1.165) is 8.78 Å². The zero-order chi connectivity index (χ0) is 15.2. The molecule has 1 aromatic carbocycles. The SMILES string of the molecule is CN(CC(=O)NCCCN)S(=O)(=O)c1ccc(Br)cc1. The molecule has 0 fully saturated rings. The van der Waals surface area contributed by atoms with Crippen LogP contribution >= 0.6 is 15.9 Å². The van der Waals surface area contributed by atoms with Crippen LogP contribution in [0.25, 0.3) is 0 Å². The highest BCUT2D eigenvalue weighted by atomic mass is 79.9. The summed E-state index contributed by atoms with van der Waals surface area (Å²) in [5.41, 5.74) is 5.31. The maximum absolute atomic E-state index is 12.2. The number of nitrogens with one attached hydrogen (secondary N) is 1. The van der Waals surface area contributed by atoms with Crippen molar-refractivity contribution in [1.82, 2.24) is 9.62 Å². The largest absolute Gasteiger partial charge is 0.355 e. The highest BCUT2D eigenvalue weighted by molar-refractivity contribution is 9.10. The number of amides is 1. The van der Waals surface area contributed by atoms with Crippen LogP contribution in [-0.2, 0) is 14.8 Å². The van der Waals surface area contributed by atoms with Gasteiger partial charge in [0.1, 0.15) is 0 Å². The van der Waals surface area contributed by atoms with Crippen LogP contribution in [0.15, 0.2) is 33.6 Å². The minimum atomic E-state index is -3.65. The van der Waals surface area contributed by atoms with Crippen molar-refractivity contribution in [2.75, 3.05) is 26.7 Å². The number of sulfonamides is 1. The van der Waals surface area contributed by atoms with Crippen LogP contribution in [0, 0.1) is 0 Å². The lowest BCUT2D eigenvalue weighted by atomic mass is 10.4. The van der Waals surface area contributed by atoms with Crippen LogP contribution in [0.2, 0.25) is 0 Å². The van der Waals surface area contributed by atoms with Gasteiger partial charge in [0.2, 0.25) is 15.9 Å². The molecule has 0 aliphatic carbocycles. The van der Waals surface area contributed by atoms with E-state index in [-0.39, 0.29) is 17.3 Å². The standard InChI is InChI=1S/C12H18BrN3O3S/c1-16(9-12(17)15-8-2-7-14)20(18,19)11-5-3-10(13)4-6-11/h3-6H,2,7-9,14H2,1H3,(H,15,17). The van der Waals surface area contributed by atoms with E-state index in [9.17, 15) is 13.2 Å². The summed E-state index contributed by atoms with van der Waals surface area (Å²) in [5.74, 6) is -0.346. The van der Waals surface area contributed by atoms with E-state index in [1.54, 1.807) is 12.1 Å². The fourth-order valence-electron chi connectivity index (χ4n) is 1.46. The zero-order valence-electron chi connectivity index (χ0n) is 11.2. The van der Waals surface area contributed by atoms with Crippen molar-refractivity contribution in [3.63, 3.8) is 0 Å². The van der Waals surface area contributed by atoms with Gasteiger partial charge in [-0.25, -0.2) is 8.42 Å². The fraction of sp³-hybridized carbons (Fsp3) is 0.417. The Bertz CT molecular complexity index is 546. The number of halogens is 1. The molecule has 1 rings (SSSR count). The summed E-state index contributed by atoms with van der Waals surface area (Å²) in [5, 5.41) is 2.61. The van der Waals surface area contributed by atoms with E-state index >= 15 is 0 Å². The molecule has 0 saturated carbocycles. The van der Waals surface area contributed by atoms with Crippen molar-refractivity contribution in [3.05, 3.63) is 28.7 Å². The summed E-state index contributed by atoms with van der Waals surface area (Å²) in [6.07, 6.45) is 0.662. The Morgan fingerprint density at radius 1 is 1.35 bits per heavy atom. The third-order valence-corrected chi connectivity index (χ3v) is 4.94. The Labute approximate surface area is 127 Å². The number of nitrogens with zero attached hydrogens (tertiary/aromatic N) is 1. The second kappa shape index (κ2) is 7.72. The average molecular weight is 364 g/mol. The van der Waals surface area contributed by atoms with Crippen molar-refractivity contribution >= 4 is 31.9 Å². The lowest BCUT2D eigenvalue weighted by Gasteiger charge is -2.16. The number of hydrogen-bond acceptors (Lipinski definition) is 4. The molecule has 8 heteroatoms. The molecular weight excluding hydrogens is 346 g/mol. The van der Waals surface area contributed by atoms with Crippen LogP contribution in [-0.4, -0.2) is 45.3 Å². The fourth-order valence-corrected chi connectivity index (χ4v) is 2.85. The first-order chi connectivity index (χ1) is 9.37. The van der Waals surface area contributed by atoms with Gasteiger partial charge in [-0.3, -0.25) is 4.79 Å². The molecular formula is C12H18BrN3O3S. The second-order valence-corrected chi connectivity index (χ2v) is 7.17. The van der Waals surface area contributed by atoms with Crippen molar-refractivity contribution in [2.45, 2.75) is 11.3 Å². The number of benzene rings is 1. The van der Waals surface area contributed by atoms with Gasteiger partial charge in [0.25, 0.3) is 0 Å². The van der Waals surface area contributed by atoms with Crippen LogP contribution in [0.3, 0.4) is 0 Å². The van der Waals surface area contributed by atoms with Gasteiger partial charge in [0, 0.05) is 18.1 Å². The molecule has 0 saturated heterocycles. The first-order valence-electron chi connectivity index (χ1n) is 6.06. The molecule has 3 N–H and O–H groups in total. The quantitative estimate of drug-likeness (QED) is 0.691. The second-order valence-electron chi connectivity index (χ2n) is 4.21. The van der Waals surface area contributed by atoms with E-state index in [1.807, 2.05) is 0 Å². The maximum atomic E-state index is 12.2. The van der Waals surface area contributed by atoms with Crippen LogP contribution in [0.1, 0.15) is 6.42 Å². The third-order valence-electron chi connectivity index (χ3n) is 2.59. The minimum absolute atomic E-state index is 0.151. The molecule has 0 bridgehead atoms. The average Bonchev–Trinajstić information content (AvgIpc) is 2.39. The summed E-state index contributed by atoms with van der Waals surface area (Å²) in [7, 11) is -2.28. The Hall–Kier alpha value is -0.960. The Kier molecular flexibility index (Phi) is 6.60. The Balaban J connectivity index is 2.68. The first-order valence-corrected chi connectivity index (χ1v) is 8.30. The normalized spacial score (nSPS) is 11.6. The molecule has 0 atom stereocenters. The first kappa shape index (κ1) is 17.1. The predicted octanol–water partition coefficient (Wildman–Crippen LogP) is 0.535. The van der Waals surface area contributed by atoms with Gasteiger partial charge in [-0.15, -0.1) is 0 Å². The summed E-state index contributed by atoms with van der Waals surface area (Å²) in [6, 6.07) is 6.26. The highest BCUT2D eigenvalue weighted by Gasteiger charge is 2.22. The lowest BCUT2D eigenvalue weighted by Crippen LogP contribution is -2.38. The van der Waals surface area contributed by atoms with Crippen molar-refractivity contribution in [2.24, 2.45) is 5.73 Å². The summed E-state index contributed by atoms with van der Waals surface area (Å²) >= 11 is 3.24. The summed E-state index contributed by atoms with van der Waals surface area (Å²) < 4.78 is 26.3. The molecule has 0 spiro atoms. The van der Waals surface area contributed by atoms with Crippen molar-refractivity contribution in [1.29, 1.82) is 0 Å². The van der Waals surface area contributed by atoms with Crippen LogP contribution in [0.4, 0.5) is 0 Å². The molecule has 0 aliphatic heterocycles. The molecule has 1 aromatic rings. The molecule has 112 valence electrons. The number of hydrogen-bond donors (Lipinski definition) is 2. The summed E-state index contributed by atoms with van der Waals surface area (Å²) in [4.78, 5) is 11.7. The Morgan fingerprint density at radius 2 is 1.95 bits per heavy atom. The maximum Gasteiger partial charge on any atom is 0.243 e. The van der Waals surface area contributed by atoms with Crippen LogP contribution < -0.4 is 11.1 Å². The smallest absolute Gasteiger partial charge is 0.243 e. The van der Waals surface area contributed by atoms with E-state index < -0.39 is 10.0 Å². The highest BCUT2D eigenvalue weighted by Crippen LogP contribution is 2.17. The molecule has 0 unspecified atom stereocenters. The number of rotatable bonds is 7. The minimum Gasteiger partial charge on any atom is -0.355 e. The van der Waals surface area contributed by atoms with E-state index in [0.29, 0.717) is 19.5 Å². The molecule has 0 heterocycles. The molecule has 0 radical (unpaired) electrons. The van der Waals surface area contributed by atoms with Crippen LogP contribution in [0.5, 0.6) is 0 Å².